The third-order valence-corrected chi connectivity index (χ3v) is 5.91. The topological polar surface area (TPSA) is 59.8 Å². The standard InChI is InChI=1S/C21H22Cl2N4OS/c1-4-10-27-19(15-7-5-6-13(2)11-15)25-26-21(27)29-14(3)20(28)24-18-9-8-16(22)12-17(18)23/h5-9,11-12,14H,4,10H2,1-3H3,(H,24,28). The highest BCUT2D eigenvalue weighted by atomic mass is 35.5. The van der Waals surface area contributed by atoms with Gasteiger partial charge in [0.05, 0.1) is 16.0 Å². The Morgan fingerprint density at radius 3 is 2.69 bits per heavy atom. The predicted octanol–water partition coefficient (Wildman–Crippen LogP) is 6.09. The van der Waals surface area contributed by atoms with Crippen molar-refractivity contribution in [3.63, 3.8) is 0 Å². The summed E-state index contributed by atoms with van der Waals surface area (Å²) in [6.45, 7) is 6.76. The molecule has 0 fully saturated rings. The van der Waals surface area contributed by atoms with Crippen LogP contribution in [-0.2, 0) is 11.3 Å². The molecule has 1 heterocycles. The molecule has 152 valence electrons. The van der Waals surface area contributed by atoms with Crippen LogP contribution in [0.1, 0.15) is 25.8 Å². The number of carbonyl (C=O) groups is 1. The Labute approximate surface area is 184 Å². The molecule has 0 bridgehead atoms. The number of amides is 1. The minimum absolute atomic E-state index is 0.164. The van der Waals surface area contributed by atoms with E-state index in [2.05, 4.69) is 33.1 Å². The van der Waals surface area contributed by atoms with Crippen LogP contribution in [-0.4, -0.2) is 25.9 Å². The lowest BCUT2D eigenvalue weighted by Crippen LogP contribution is -2.23. The number of thioether (sulfide) groups is 1. The van der Waals surface area contributed by atoms with Gasteiger partial charge in [0.2, 0.25) is 5.91 Å². The van der Waals surface area contributed by atoms with E-state index in [9.17, 15) is 4.79 Å². The molecule has 3 aromatic rings. The number of aryl methyl sites for hydroxylation is 1. The third kappa shape index (κ3) is 5.32. The van der Waals surface area contributed by atoms with Crippen molar-refractivity contribution in [1.29, 1.82) is 0 Å². The number of benzene rings is 2. The van der Waals surface area contributed by atoms with Crippen LogP contribution in [0.5, 0.6) is 0 Å². The van der Waals surface area contributed by atoms with Crippen LogP contribution in [0.2, 0.25) is 10.0 Å². The Hall–Kier alpha value is -2.02. The number of hydrogen-bond acceptors (Lipinski definition) is 4. The van der Waals surface area contributed by atoms with E-state index in [0.717, 1.165) is 29.9 Å². The summed E-state index contributed by atoms with van der Waals surface area (Å²) in [5.41, 5.74) is 2.71. The van der Waals surface area contributed by atoms with E-state index in [1.165, 1.54) is 11.8 Å². The zero-order chi connectivity index (χ0) is 21.0. The number of anilines is 1. The van der Waals surface area contributed by atoms with Crippen LogP contribution in [0.3, 0.4) is 0 Å². The molecule has 0 aliphatic rings. The summed E-state index contributed by atoms with van der Waals surface area (Å²) in [5, 5.41) is 12.8. The van der Waals surface area contributed by atoms with Gasteiger partial charge in [0, 0.05) is 17.1 Å². The van der Waals surface area contributed by atoms with Gasteiger partial charge in [-0.15, -0.1) is 10.2 Å². The Morgan fingerprint density at radius 1 is 1.21 bits per heavy atom. The van der Waals surface area contributed by atoms with E-state index < -0.39 is 0 Å². The molecule has 0 saturated carbocycles. The molecule has 1 aromatic heterocycles. The second-order valence-electron chi connectivity index (χ2n) is 6.70. The molecule has 3 rings (SSSR count). The summed E-state index contributed by atoms with van der Waals surface area (Å²) in [5.74, 6) is 0.647. The molecule has 0 spiro atoms. The zero-order valence-electron chi connectivity index (χ0n) is 16.4. The molecule has 0 aliphatic heterocycles. The molecular formula is C21H22Cl2N4OS. The Kier molecular flexibility index (Phi) is 7.22. The maximum Gasteiger partial charge on any atom is 0.237 e. The van der Waals surface area contributed by atoms with E-state index in [1.807, 2.05) is 32.0 Å². The number of rotatable bonds is 7. The first-order chi connectivity index (χ1) is 13.9. The van der Waals surface area contributed by atoms with E-state index >= 15 is 0 Å². The quantitative estimate of drug-likeness (QED) is 0.444. The Balaban J connectivity index is 1.79. The van der Waals surface area contributed by atoms with Gasteiger partial charge in [-0.05, 0) is 44.5 Å². The van der Waals surface area contributed by atoms with Gasteiger partial charge in [0.25, 0.3) is 0 Å². The third-order valence-electron chi connectivity index (χ3n) is 4.28. The Bertz CT molecular complexity index is 1020. The number of carbonyl (C=O) groups excluding carboxylic acids is 1. The van der Waals surface area contributed by atoms with Crippen LogP contribution in [0.25, 0.3) is 11.4 Å². The van der Waals surface area contributed by atoms with Crippen LogP contribution >= 0.6 is 35.0 Å². The maximum absolute atomic E-state index is 12.7. The van der Waals surface area contributed by atoms with Gasteiger partial charge in [0.1, 0.15) is 0 Å². The second-order valence-corrected chi connectivity index (χ2v) is 8.85. The average molecular weight is 449 g/mol. The number of halogens is 2. The molecule has 1 atom stereocenters. The first-order valence-electron chi connectivity index (χ1n) is 9.32. The molecular weight excluding hydrogens is 427 g/mol. The molecule has 2 aromatic carbocycles. The van der Waals surface area contributed by atoms with Crippen molar-refractivity contribution in [3.05, 3.63) is 58.1 Å². The largest absolute Gasteiger partial charge is 0.324 e. The zero-order valence-corrected chi connectivity index (χ0v) is 18.8. The molecule has 5 nitrogen and oxygen atoms in total. The van der Waals surface area contributed by atoms with Gasteiger partial charge in [0.15, 0.2) is 11.0 Å². The van der Waals surface area contributed by atoms with E-state index in [1.54, 1.807) is 18.2 Å². The summed E-state index contributed by atoms with van der Waals surface area (Å²) in [7, 11) is 0. The number of aromatic nitrogens is 3. The summed E-state index contributed by atoms with van der Waals surface area (Å²) in [4.78, 5) is 12.7. The summed E-state index contributed by atoms with van der Waals surface area (Å²) >= 11 is 13.4. The van der Waals surface area contributed by atoms with Gasteiger partial charge >= 0.3 is 0 Å². The molecule has 1 amide bonds. The van der Waals surface area contributed by atoms with Crippen molar-refractivity contribution in [2.45, 2.75) is 44.1 Å². The minimum Gasteiger partial charge on any atom is -0.324 e. The van der Waals surface area contributed by atoms with Crippen molar-refractivity contribution in [2.75, 3.05) is 5.32 Å². The monoisotopic (exact) mass is 448 g/mol. The van der Waals surface area contributed by atoms with Gasteiger partial charge in [-0.2, -0.15) is 0 Å². The van der Waals surface area contributed by atoms with Crippen molar-refractivity contribution in [3.8, 4) is 11.4 Å². The van der Waals surface area contributed by atoms with Crippen molar-refractivity contribution in [1.82, 2.24) is 14.8 Å². The summed E-state index contributed by atoms with van der Waals surface area (Å²) in [6.07, 6.45) is 0.936. The molecule has 0 saturated heterocycles. The molecule has 8 heteroatoms. The fraction of sp³-hybridized carbons (Fsp3) is 0.286. The Morgan fingerprint density at radius 2 is 2.00 bits per heavy atom. The van der Waals surface area contributed by atoms with Crippen molar-refractivity contribution < 1.29 is 4.79 Å². The lowest BCUT2D eigenvalue weighted by atomic mass is 10.1. The van der Waals surface area contributed by atoms with E-state index in [4.69, 9.17) is 23.2 Å². The summed E-state index contributed by atoms with van der Waals surface area (Å²) < 4.78 is 2.07. The first kappa shape index (κ1) is 21.7. The molecule has 29 heavy (non-hydrogen) atoms. The minimum atomic E-state index is -0.382. The lowest BCUT2D eigenvalue weighted by molar-refractivity contribution is -0.115. The molecule has 1 unspecified atom stereocenters. The van der Waals surface area contributed by atoms with Crippen molar-refractivity contribution >= 4 is 46.6 Å². The highest BCUT2D eigenvalue weighted by Crippen LogP contribution is 2.30. The van der Waals surface area contributed by atoms with Crippen LogP contribution in [0.15, 0.2) is 47.6 Å². The summed E-state index contributed by atoms with van der Waals surface area (Å²) in [6, 6.07) is 13.1. The molecule has 0 aliphatic carbocycles. The van der Waals surface area contributed by atoms with E-state index in [0.29, 0.717) is 20.9 Å². The predicted molar refractivity (Wildman–Crippen MR) is 121 cm³/mol. The highest BCUT2D eigenvalue weighted by Gasteiger charge is 2.21. The van der Waals surface area contributed by atoms with Gasteiger partial charge in [-0.3, -0.25) is 4.79 Å². The fourth-order valence-electron chi connectivity index (χ4n) is 2.84. The highest BCUT2D eigenvalue weighted by molar-refractivity contribution is 8.00. The van der Waals surface area contributed by atoms with Crippen LogP contribution in [0.4, 0.5) is 5.69 Å². The molecule has 1 N–H and O–H groups in total. The normalized spacial score (nSPS) is 12.0. The van der Waals surface area contributed by atoms with Gasteiger partial charge < -0.3 is 9.88 Å². The van der Waals surface area contributed by atoms with Gasteiger partial charge in [-0.25, -0.2) is 0 Å². The first-order valence-corrected chi connectivity index (χ1v) is 11.0. The maximum atomic E-state index is 12.7. The van der Waals surface area contributed by atoms with E-state index in [-0.39, 0.29) is 11.2 Å². The van der Waals surface area contributed by atoms with Crippen LogP contribution < -0.4 is 5.32 Å². The van der Waals surface area contributed by atoms with Crippen LogP contribution in [0, 0.1) is 6.92 Å². The lowest BCUT2D eigenvalue weighted by Gasteiger charge is -2.14. The number of nitrogens with one attached hydrogen (secondary N) is 1. The number of nitrogens with zero attached hydrogens (tertiary/aromatic N) is 3. The second kappa shape index (κ2) is 9.65. The number of hydrogen-bond donors (Lipinski definition) is 1. The fourth-order valence-corrected chi connectivity index (χ4v) is 4.17. The SMILES string of the molecule is CCCn1c(SC(C)C(=O)Nc2ccc(Cl)cc2Cl)nnc1-c1cccc(C)c1. The van der Waals surface area contributed by atoms with Crippen molar-refractivity contribution in [2.24, 2.45) is 0 Å². The smallest absolute Gasteiger partial charge is 0.237 e. The molecule has 0 radical (unpaired) electrons. The van der Waals surface area contributed by atoms with Gasteiger partial charge in [-0.1, -0.05) is 65.7 Å². The average Bonchev–Trinajstić information content (AvgIpc) is 3.06.